The van der Waals surface area contributed by atoms with Crippen molar-refractivity contribution >= 4 is 23.2 Å². The van der Waals surface area contributed by atoms with Crippen molar-refractivity contribution in [1.29, 1.82) is 0 Å². The zero-order valence-corrected chi connectivity index (χ0v) is 7.93. The Kier molecular flexibility index (Phi) is 3.26. The van der Waals surface area contributed by atoms with Gasteiger partial charge in [-0.05, 0) is 12.1 Å². The van der Waals surface area contributed by atoms with E-state index in [4.69, 9.17) is 11.5 Å². The maximum atomic E-state index is 11.3. The van der Waals surface area contributed by atoms with E-state index < -0.39 is 5.97 Å². The molecule has 0 saturated carbocycles. The molecular formula is C9H7NO3S. The van der Waals surface area contributed by atoms with Crippen LogP contribution in [0.25, 0.3) is 0 Å². The number of aromatic carboxylic acids is 1. The van der Waals surface area contributed by atoms with E-state index in [-0.39, 0.29) is 17.3 Å². The number of carbonyl (C=O) groups excluding carboxylic acids is 1. The number of nitrogens with one attached hydrogen (secondary N) is 1. The highest BCUT2D eigenvalue weighted by atomic mass is 32.1. The number of carboxylic acids is 1. The molecule has 4 nitrogen and oxygen atoms in total. The smallest absolute Gasteiger partial charge is 0.345 e. The van der Waals surface area contributed by atoms with E-state index >= 15 is 0 Å². The molecule has 1 heterocycles. The van der Waals surface area contributed by atoms with Gasteiger partial charge in [0.2, 0.25) is 0 Å². The zero-order chi connectivity index (χ0) is 10.6. The number of amides is 1. The normalized spacial score (nSPS) is 9.07. The Hall–Kier alpha value is -1.80. The van der Waals surface area contributed by atoms with Crippen LogP contribution in [0.4, 0.5) is 0 Å². The Morgan fingerprint density at radius 2 is 2.14 bits per heavy atom. The van der Waals surface area contributed by atoms with E-state index in [0.717, 1.165) is 11.3 Å². The van der Waals surface area contributed by atoms with Gasteiger partial charge in [0.15, 0.2) is 0 Å². The molecule has 0 saturated heterocycles. The topological polar surface area (TPSA) is 66.4 Å². The molecule has 0 aliphatic rings. The number of thiophene rings is 1. The minimum Gasteiger partial charge on any atom is -0.477 e. The molecule has 0 unspecified atom stereocenters. The van der Waals surface area contributed by atoms with Gasteiger partial charge in [0.05, 0.1) is 11.4 Å². The van der Waals surface area contributed by atoms with Gasteiger partial charge in [-0.1, -0.05) is 5.92 Å². The summed E-state index contributed by atoms with van der Waals surface area (Å²) in [6, 6.07) is 2.84. The van der Waals surface area contributed by atoms with Gasteiger partial charge in [-0.3, -0.25) is 4.79 Å². The molecule has 1 amide bonds. The summed E-state index contributed by atoms with van der Waals surface area (Å²) in [5.74, 6) is 0.871. The summed E-state index contributed by atoms with van der Waals surface area (Å²) >= 11 is 0.919. The minimum atomic E-state index is -1.04. The van der Waals surface area contributed by atoms with Crippen LogP contribution in [0.15, 0.2) is 12.1 Å². The molecule has 0 aliphatic carbocycles. The van der Waals surface area contributed by atoms with Gasteiger partial charge in [0, 0.05) is 0 Å². The number of rotatable bonds is 3. The van der Waals surface area contributed by atoms with Crippen molar-refractivity contribution in [3.63, 3.8) is 0 Å². The van der Waals surface area contributed by atoms with Crippen molar-refractivity contribution in [2.45, 2.75) is 0 Å². The first-order valence-corrected chi connectivity index (χ1v) is 4.51. The summed E-state index contributed by atoms with van der Waals surface area (Å²) in [4.78, 5) is 22.2. The van der Waals surface area contributed by atoms with Gasteiger partial charge < -0.3 is 10.4 Å². The predicted octanol–water partition coefficient (Wildman–Crippen LogP) is 0.809. The molecule has 1 aromatic heterocycles. The quantitative estimate of drug-likeness (QED) is 0.724. The molecule has 0 bridgehead atoms. The lowest BCUT2D eigenvalue weighted by Gasteiger charge is -1.95. The molecule has 14 heavy (non-hydrogen) atoms. The monoisotopic (exact) mass is 209 g/mol. The van der Waals surface area contributed by atoms with Gasteiger partial charge in [0.1, 0.15) is 4.88 Å². The standard InChI is InChI=1S/C9H7NO3S/c1-2-5-10-8(11)6-3-4-7(14-6)9(12)13/h1,3-4H,5H2,(H,10,11)(H,12,13). The molecule has 0 fully saturated rings. The van der Waals surface area contributed by atoms with Crippen molar-refractivity contribution in [1.82, 2.24) is 5.32 Å². The van der Waals surface area contributed by atoms with Gasteiger partial charge in [-0.15, -0.1) is 17.8 Å². The fourth-order valence-electron chi connectivity index (χ4n) is 0.793. The van der Waals surface area contributed by atoms with E-state index in [9.17, 15) is 9.59 Å². The molecule has 0 radical (unpaired) electrons. The van der Waals surface area contributed by atoms with Crippen LogP contribution in [-0.4, -0.2) is 23.5 Å². The second-order valence-corrected chi connectivity index (χ2v) is 3.44. The van der Waals surface area contributed by atoms with Crippen molar-refractivity contribution in [3.05, 3.63) is 21.9 Å². The highest BCUT2D eigenvalue weighted by Gasteiger charge is 2.11. The SMILES string of the molecule is C#CCNC(=O)c1ccc(C(=O)O)s1. The van der Waals surface area contributed by atoms with Crippen LogP contribution in [0.2, 0.25) is 0 Å². The Morgan fingerprint density at radius 3 is 2.64 bits per heavy atom. The van der Waals surface area contributed by atoms with Crippen LogP contribution in [-0.2, 0) is 0 Å². The van der Waals surface area contributed by atoms with Gasteiger partial charge in [-0.2, -0.15) is 0 Å². The maximum absolute atomic E-state index is 11.3. The zero-order valence-electron chi connectivity index (χ0n) is 7.11. The number of terminal acetylenes is 1. The second kappa shape index (κ2) is 4.44. The van der Waals surface area contributed by atoms with Crippen molar-refractivity contribution in [2.24, 2.45) is 0 Å². The van der Waals surface area contributed by atoms with E-state index in [1.54, 1.807) is 0 Å². The van der Waals surface area contributed by atoms with Crippen LogP contribution in [0.1, 0.15) is 19.3 Å². The number of carbonyl (C=O) groups is 2. The number of hydrogen-bond acceptors (Lipinski definition) is 3. The molecule has 72 valence electrons. The molecule has 0 atom stereocenters. The molecule has 5 heteroatoms. The lowest BCUT2D eigenvalue weighted by atomic mass is 10.4. The van der Waals surface area contributed by atoms with Crippen molar-refractivity contribution < 1.29 is 14.7 Å². The van der Waals surface area contributed by atoms with E-state index in [1.165, 1.54) is 12.1 Å². The Morgan fingerprint density at radius 1 is 1.50 bits per heavy atom. The number of hydrogen-bond donors (Lipinski definition) is 2. The lowest BCUT2D eigenvalue weighted by Crippen LogP contribution is -2.22. The highest BCUT2D eigenvalue weighted by Crippen LogP contribution is 2.15. The van der Waals surface area contributed by atoms with Gasteiger partial charge in [-0.25, -0.2) is 4.79 Å². The molecule has 0 spiro atoms. The highest BCUT2D eigenvalue weighted by molar-refractivity contribution is 7.15. The predicted molar refractivity (Wildman–Crippen MR) is 52.4 cm³/mol. The van der Waals surface area contributed by atoms with Crippen LogP contribution in [0.5, 0.6) is 0 Å². The second-order valence-electron chi connectivity index (χ2n) is 2.36. The first-order chi connectivity index (χ1) is 6.65. The van der Waals surface area contributed by atoms with Crippen molar-refractivity contribution in [3.8, 4) is 12.3 Å². The Bertz CT molecular complexity index is 402. The average Bonchev–Trinajstić information content (AvgIpc) is 2.62. The summed E-state index contributed by atoms with van der Waals surface area (Å²) in [6.07, 6.45) is 4.95. The Labute approximate surface area is 84.6 Å². The fraction of sp³-hybridized carbons (Fsp3) is 0.111. The molecule has 0 aromatic carbocycles. The van der Waals surface area contributed by atoms with Gasteiger partial charge >= 0.3 is 5.97 Å². The third-order valence-corrected chi connectivity index (χ3v) is 2.46. The maximum Gasteiger partial charge on any atom is 0.345 e. The summed E-state index contributed by atoms with van der Waals surface area (Å²) in [5, 5.41) is 11.0. The summed E-state index contributed by atoms with van der Waals surface area (Å²) in [7, 11) is 0. The molecule has 2 N–H and O–H groups in total. The van der Waals surface area contributed by atoms with Crippen LogP contribution in [0.3, 0.4) is 0 Å². The minimum absolute atomic E-state index is 0.135. The Balaban J connectivity index is 2.72. The van der Waals surface area contributed by atoms with Crippen molar-refractivity contribution in [2.75, 3.05) is 6.54 Å². The third-order valence-electron chi connectivity index (χ3n) is 1.39. The van der Waals surface area contributed by atoms with E-state index in [2.05, 4.69) is 11.2 Å². The van der Waals surface area contributed by atoms with E-state index in [0.29, 0.717) is 4.88 Å². The van der Waals surface area contributed by atoms with Crippen LogP contribution < -0.4 is 5.32 Å². The molecular weight excluding hydrogens is 202 g/mol. The number of carboxylic acid groups (broad SMARTS) is 1. The first kappa shape index (κ1) is 10.3. The lowest BCUT2D eigenvalue weighted by molar-refractivity contribution is 0.0702. The van der Waals surface area contributed by atoms with E-state index in [1.807, 2.05) is 0 Å². The molecule has 0 aliphatic heterocycles. The fourth-order valence-corrected chi connectivity index (χ4v) is 1.55. The van der Waals surface area contributed by atoms with Gasteiger partial charge in [0.25, 0.3) is 5.91 Å². The summed E-state index contributed by atoms with van der Waals surface area (Å²) < 4.78 is 0. The largest absolute Gasteiger partial charge is 0.477 e. The molecule has 1 aromatic rings. The van der Waals surface area contributed by atoms with Crippen LogP contribution in [0, 0.1) is 12.3 Å². The summed E-state index contributed by atoms with van der Waals surface area (Å²) in [5.41, 5.74) is 0. The average molecular weight is 209 g/mol. The van der Waals surface area contributed by atoms with Crippen LogP contribution >= 0.6 is 11.3 Å². The first-order valence-electron chi connectivity index (χ1n) is 3.70. The molecule has 1 rings (SSSR count). The summed E-state index contributed by atoms with van der Waals surface area (Å²) in [6.45, 7) is 0.138. The third kappa shape index (κ3) is 2.34.